The van der Waals surface area contributed by atoms with Crippen molar-refractivity contribution in [1.29, 1.82) is 0 Å². The Labute approximate surface area is 114 Å². The van der Waals surface area contributed by atoms with Gasteiger partial charge in [-0.3, -0.25) is 4.79 Å². The molecule has 2 rings (SSSR count). The van der Waals surface area contributed by atoms with Crippen molar-refractivity contribution in [2.45, 2.75) is 52.1 Å². The summed E-state index contributed by atoms with van der Waals surface area (Å²) >= 11 is 0. The van der Waals surface area contributed by atoms with E-state index in [2.05, 4.69) is 13.8 Å². The lowest BCUT2D eigenvalue weighted by Gasteiger charge is -2.39. The number of ketones is 1. The fourth-order valence-corrected chi connectivity index (χ4v) is 2.70. The van der Waals surface area contributed by atoms with Crippen LogP contribution in [0.5, 0.6) is 5.75 Å². The minimum absolute atomic E-state index is 0.00842. The summed E-state index contributed by atoms with van der Waals surface area (Å²) in [7, 11) is 0. The molecule has 0 bridgehead atoms. The van der Waals surface area contributed by atoms with Crippen molar-refractivity contribution in [3.8, 4) is 5.75 Å². The number of Topliss-reactive ketones (excluding diaryl/α,β-unsaturated/α-hetero) is 1. The molecule has 1 aliphatic heterocycles. The van der Waals surface area contributed by atoms with Gasteiger partial charge in [0, 0.05) is 0 Å². The normalized spacial score (nSPS) is 23.7. The van der Waals surface area contributed by atoms with Crippen LogP contribution in [0.25, 0.3) is 0 Å². The Morgan fingerprint density at radius 2 is 2.16 bits per heavy atom. The zero-order valence-corrected chi connectivity index (χ0v) is 11.8. The smallest absolute Gasteiger partial charge is 0.170 e. The number of carbonyl (C=O) groups is 1. The highest BCUT2D eigenvalue weighted by Crippen LogP contribution is 2.39. The van der Waals surface area contributed by atoms with Gasteiger partial charge in [0.1, 0.15) is 17.2 Å². The Morgan fingerprint density at radius 1 is 1.42 bits per heavy atom. The first-order chi connectivity index (χ1) is 8.99. The van der Waals surface area contributed by atoms with Crippen molar-refractivity contribution < 1.29 is 13.9 Å². The number of ether oxygens (including phenoxy) is 1. The molecule has 0 fully saturated rings. The third-order valence-corrected chi connectivity index (χ3v) is 4.11. The third-order valence-electron chi connectivity index (χ3n) is 4.11. The summed E-state index contributed by atoms with van der Waals surface area (Å²) in [6.45, 7) is 6.36. The molecule has 19 heavy (non-hydrogen) atoms. The Hall–Kier alpha value is -1.38. The molecule has 2 atom stereocenters. The lowest BCUT2D eigenvalue weighted by Crippen LogP contribution is -2.42. The van der Waals surface area contributed by atoms with Gasteiger partial charge < -0.3 is 4.74 Å². The molecule has 0 aliphatic carbocycles. The fourth-order valence-electron chi connectivity index (χ4n) is 2.70. The van der Waals surface area contributed by atoms with E-state index in [-0.39, 0.29) is 11.6 Å². The molecule has 1 aromatic rings. The average molecular weight is 264 g/mol. The van der Waals surface area contributed by atoms with E-state index in [1.54, 1.807) is 6.07 Å². The van der Waals surface area contributed by atoms with E-state index < -0.39 is 5.60 Å². The second-order valence-corrected chi connectivity index (χ2v) is 5.60. The van der Waals surface area contributed by atoms with Crippen LogP contribution in [0.3, 0.4) is 0 Å². The topological polar surface area (TPSA) is 26.3 Å². The van der Waals surface area contributed by atoms with Crippen LogP contribution in [0, 0.1) is 11.7 Å². The first-order valence-electron chi connectivity index (χ1n) is 7.01. The van der Waals surface area contributed by atoms with Gasteiger partial charge in [0.2, 0.25) is 0 Å². The van der Waals surface area contributed by atoms with Crippen molar-refractivity contribution >= 4 is 5.78 Å². The molecule has 3 heteroatoms. The molecule has 0 saturated heterocycles. The Kier molecular flexibility index (Phi) is 3.93. The summed E-state index contributed by atoms with van der Waals surface area (Å²) in [5, 5.41) is 0. The molecule has 1 heterocycles. The van der Waals surface area contributed by atoms with E-state index >= 15 is 0 Å². The average Bonchev–Trinajstić information content (AvgIpc) is 2.39. The fraction of sp³-hybridized carbons (Fsp3) is 0.562. The van der Waals surface area contributed by atoms with Crippen LogP contribution in [0.4, 0.5) is 4.39 Å². The number of halogens is 1. The van der Waals surface area contributed by atoms with Crippen LogP contribution in [-0.4, -0.2) is 11.4 Å². The predicted octanol–water partition coefficient (Wildman–Crippen LogP) is 4.38. The second-order valence-electron chi connectivity index (χ2n) is 5.60. The highest BCUT2D eigenvalue weighted by atomic mass is 19.1. The molecule has 2 unspecified atom stereocenters. The number of rotatable bonds is 4. The number of hydrogen-bond acceptors (Lipinski definition) is 2. The van der Waals surface area contributed by atoms with Crippen molar-refractivity contribution in [3.63, 3.8) is 0 Å². The summed E-state index contributed by atoms with van der Waals surface area (Å²) in [6, 6.07) is 4.20. The summed E-state index contributed by atoms with van der Waals surface area (Å²) in [6.07, 6.45) is 3.07. The highest BCUT2D eigenvalue weighted by Gasteiger charge is 2.39. The van der Waals surface area contributed by atoms with Crippen LogP contribution in [-0.2, 0) is 0 Å². The monoisotopic (exact) mass is 264 g/mol. The van der Waals surface area contributed by atoms with Crippen LogP contribution < -0.4 is 4.74 Å². The van der Waals surface area contributed by atoms with Gasteiger partial charge in [-0.25, -0.2) is 4.39 Å². The molecular formula is C16H21FO2. The second kappa shape index (κ2) is 5.32. The van der Waals surface area contributed by atoms with E-state index in [1.807, 2.05) is 6.92 Å². The van der Waals surface area contributed by atoms with Gasteiger partial charge in [0.25, 0.3) is 0 Å². The van der Waals surface area contributed by atoms with Crippen molar-refractivity contribution in [1.82, 2.24) is 0 Å². The van der Waals surface area contributed by atoms with Gasteiger partial charge in [-0.05, 0) is 37.0 Å². The van der Waals surface area contributed by atoms with Gasteiger partial charge >= 0.3 is 0 Å². The molecular weight excluding hydrogens is 243 g/mol. The first-order valence-corrected chi connectivity index (χ1v) is 7.01. The molecule has 104 valence electrons. The lowest BCUT2D eigenvalue weighted by atomic mass is 9.81. The number of benzene rings is 1. The van der Waals surface area contributed by atoms with E-state index in [0.29, 0.717) is 23.7 Å². The van der Waals surface area contributed by atoms with Crippen molar-refractivity contribution in [2.24, 2.45) is 5.92 Å². The van der Waals surface area contributed by atoms with Crippen LogP contribution in [0.2, 0.25) is 0 Å². The van der Waals surface area contributed by atoms with Crippen molar-refractivity contribution in [3.05, 3.63) is 29.6 Å². The standard InChI is InChI=1S/C16H21FO2/c1-4-11(3)9-16(5-2)10-14(18)13-8-12(17)6-7-15(13)19-16/h6-8,11H,4-5,9-10H2,1-3H3. The van der Waals surface area contributed by atoms with Gasteiger partial charge in [0.15, 0.2) is 5.78 Å². The Morgan fingerprint density at radius 3 is 2.79 bits per heavy atom. The van der Waals surface area contributed by atoms with Crippen LogP contribution in [0.1, 0.15) is 56.8 Å². The number of hydrogen-bond donors (Lipinski definition) is 0. The van der Waals surface area contributed by atoms with Crippen molar-refractivity contribution in [2.75, 3.05) is 0 Å². The van der Waals surface area contributed by atoms with Gasteiger partial charge in [0.05, 0.1) is 12.0 Å². The van der Waals surface area contributed by atoms with Gasteiger partial charge in [-0.1, -0.05) is 27.2 Å². The van der Waals surface area contributed by atoms with Crippen LogP contribution in [0.15, 0.2) is 18.2 Å². The Bertz CT molecular complexity index is 484. The molecule has 0 spiro atoms. The van der Waals surface area contributed by atoms with Gasteiger partial charge in [-0.15, -0.1) is 0 Å². The number of carbonyl (C=O) groups excluding carboxylic acids is 1. The molecule has 1 aliphatic rings. The molecule has 2 nitrogen and oxygen atoms in total. The third kappa shape index (κ3) is 2.80. The zero-order chi connectivity index (χ0) is 14.0. The molecule has 0 saturated carbocycles. The van der Waals surface area contributed by atoms with E-state index in [9.17, 15) is 9.18 Å². The predicted molar refractivity (Wildman–Crippen MR) is 73.1 cm³/mol. The first kappa shape index (κ1) is 14.0. The van der Waals surface area contributed by atoms with E-state index in [1.165, 1.54) is 12.1 Å². The summed E-state index contributed by atoms with van der Waals surface area (Å²) < 4.78 is 19.3. The van der Waals surface area contributed by atoms with Crippen LogP contribution >= 0.6 is 0 Å². The minimum atomic E-state index is -0.419. The quantitative estimate of drug-likeness (QED) is 0.807. The maximum atomic E-state index is 13.2. The van der Waals surface area contributed by atoms with E-state index in [4.69, 9.17) is 4.74 Å². The molecule has 0 amide bonds. The molecule has 0 N–H and O–H groups in total. The molecule has 0 radical (unpaired) electrons. The summed E-state index contributed by atoms with van der Waals surface area (Å²) in [4.78, 5) is 12.2. The Balaban J connectivity index is 2.32. The minimum Gasteiger partial charge on any atom is -0.486 e. The largest absolute Gasteiger partial charge is 0.486 e. The summed E-state index contributed by atoms with van der Waals surface area (Å²) in [5.74, 6) is 0.644. The summed E-state index contributed by atoms with van der Waals surface area (Å²) in [5.41, 5.74) is -0.0367. The zero-order valence-electron chi connectivity index (χ0n) is 11.8. The molecule has 0 aromatic heterocycles. The highest BCUT2D eigenvalue weighted by molar-refractivity contribution is 6.00. The SMILES string of the molecule is CCC(C)CC1(CC)CC(=O)c2cc(F)ccc2O1. The molecule has 1 aromatic carbocycles. The van der Waals surface area contributed by atoms with Gasteiger partial charge in [-0.2, -0.15) is 0 Å². The maximum Gasteiger partial charge on any atom is 0.170 e. The lowest BCUT2D eigenvalue weighted by molar-refractivity contribution is 0.0207. The maximum absolute atomic E-state index is 13.2. The number of fused-ring (bicyclic) bond motifs is 1. The van der Waals surface area contributed by atoms with E-state index in [0.717, 1.165) is 19.3 Å².